The number of anilines is 1. The molecule has 2 rings (SSSR count). The van der Waals surface area contributed by atoms with E-state index in [-0.39, 0.29) is 15.8 Å². The number of alkyl halides is 2. The van der Waals surface area contributed by atoms with E-state index in [9.17, 15) is 13.2 Å². The molecule has 0 radical (unpaired) electrons. The molecule has 0 unspecified atom stereocenters. The molecule has 2 nitrogen and oxygen atoms in total. The predicted molar refractivity (Wildman–Crippen MR) is 76.8 cm³/mol. The Morgan fingerprint density at radius 1 is 1.05 bits per heavy atom. The van der Waals surface area contributed by atoms with E-state index in [0.29, 0.717) is 12.2 Å². The van der Waals surface area contributed by atoms with Gasteiger partial charge in [-0.25, -0.2) is 4.39 Å². The Hall–Kier alpha value is -1.59. The molecule has 0 amide bonds. The first-order valence-electron chi connectivity index (χ1n) is 5.88. The molecule has 0 aliphatic rings. The molecular formula is C14H10Cl2F3NO. The third-order valence-corrected chi connectivity index (χ3v) is 3.21. The zero-order valence-corrected chi connectivity index (χ0v) is 12.1. The van der Waals surface area contributed by atoms with Gasteiger partial charge in [0.2, 0.25) is 0 Å². The van der Waals surface area contributed by atoms with Gasteiger partial charge in [0, 0.05) is 12.2 Å². The van der Waals surface area contributed by atoms with E-state index in [1.54, 1.807) is 12.1 Å². The highest BCUT2D eigenvalue weighted by molar-refractivity contribution is 6.32. The van der Waals surface area contributed by atoms with E-state index >= 15 is 0 Å². The first-order valence-corrected chi connectivity index (χ1v) is 6.63. The predicted octanol–water partition coefficient (Wildman–Crippen LogP) is 5.35. The van der Waals surface area contributed by atoms with Crippen molar-refractivity contribution < 1.29 is 17.9 Å². The maximum absolute atomic E-state index is 13.0. The van der Waals surface area contributed by atoms with Crippen molar-refractivity contribution in [3.63, 3.8) is 0 Å². The smallest absolute Gasteiger partial charge is 0.387 e. The fourth-order valence-electron chi connectivity index (χ4n) is 1.66. The fraction of sp³-hybridized carbons (Fsp3) is 0.143. The van der Waals surface area contributed by atoms with E-state index < -0.39 is 12.4 Å². The van der Waals surface area contributed by atoms with Crippen LogP contribution in [0, 0.1) is 5.82 Å². The average Bonchev–Trinajstić information content (AvgIpc) is 2.42. The lowest BCUT2D eigenvalue weighted by Gasteiger charge is -2.10. The quantitative estimate of drug-likeness (QED) is 0.795. The molecular weight excluding hydrogens is 326 g/mol. The van der Waals surface area contributed by atoms with Gasteiger partial charge in [-0.2, -0.15) is 8.78 Å². The Bertz CT molecular complexity index is 638. The van der Waals surface area contributed by atoms with Crippen LogP contribution in [0.1, 0.15) is 5.56 Å². The van der Waals surface area contributed by atoms with Crippen molar-refractivity contribution in [1.29, 1.82) is 0 Å². The van der Waals surface area contributed by atoms with Gasteiger partial charge in [-0.05, 0) is 35.9 Å². The van der Waals surface area contributed by atoms with E-state index in [0.717, 1.165) is 5.56 Å². The molecule has 0 atom stereocenters. The maximum atomic E-state index is 13.0. The van der Waals surface area contributed by atoms with Crippen molar-refractivity contribution in [2.24, 2.45) is 0 Å². The number of halogens is 5. The fourth-order valence-corrected chi connectivity index (χ4v) is 2.08. The Kier molecular flexibility index (Phi) is 5.20. The van der Waals surface area contributed by atoms with Gasteiger partial charge in [-0.3, -0.25) is 0 Å². The van der Waals surface area contributed by atoms with Gasteiger partial charge in [0.15, 0.2) is 0 Å². The van der Waals surface area contributed by atoms with Crippen LogP contribution in [0.3, 0.4) is 0 Å². The standard InChI is InChI=1S/C14H10Cl2F3NO/c15-10-5-8(1-3-12(10)17)7-20-9-2-4-13(11(16)6-9)21-14(18)19/h1-6,14,20H,7H2. The van der Waals surface area contributed by atoms with Crippen LogP contribution in [0.4, 0.5) is 18.9 Å². The number of rotatable bonds is 5. The molecule has 0 aromatic heterocycles. The molecule has 0 bridgehead atoms. The Morgan fingerprint density at radius 3 is 2.43 bits per heavy atom. The Balaban J connectivity index is 2.03. The summed E-state index contributed by atoms with van der Waals surface area (Å²) in [5.74, 6) is -0.584. The topological polar surface area (TPSA) is 21.3 Å². The van der Waals surface area contributed by atoms with Gasteiger partial charge in [0.1, 0.15) is 11.6 Å². The van der Waals surface area contributed by atoms with Crippen LogP contribution in [0.25, 0.3) is 0 Å². The van der Waals surface area contributed by atoms with Gasteiger partial charge >= 0.3 is 6.61 Å². The summed E-state index contributed by atoms with van der Waals surface area (Å²) < 4.78 is 41.5. The lowest BCUT2D eigenvalue weighted by atomic mass is 10.2. The minimum atomic E-state index is -2.93. The lowest BCUT2D eigenvalue weighted by Crippen LogP contribution is -2.03. The first-order chi connectivity index (χ1) is 9.95. The van der Waals surface area contributed by atoms with Crippen LogP contribution >= 0.6 is 23.2 Å². The SMILES string of the molecule is Fc1ccc(CNc2ccc(OC(F)F)c(Cl)c2)cc1Cl. The van der Waals surface area contributed by atoms with E-state index in [4.69, 9.17) is 23.2 Å². The Labute approximate surface area is 129 Å². The molecule has 21 heavy (non-hydrogen) atoms. The van der Waals surface area contributed by atoms with Crippen LogP contribution in [-0.2, 0) is 6.54 Å². The van der Waals surface area contributed by atoms with Crippen LogP contribution in [0.5, 0.6) is 5.75 Å². The molecule has 1 N–H and O–H groups in total. The van der Waals surface area contributed by atoms with Crippen molar-refractivity contribution in [3.05, 3.63) is 57.8 Å². The molecule has 2 aromatic carbocycles. The number of hydrogen-bond donors (Lipinski definition) is 1. The summed E-state index contributed by atoms with van der Waals surface area (Å²) in [7, 11) is 0. The summed E-state index contributed by atoms with van der Waals surface area (Å²) in [6.07, 6.45) is 0. The largest absolute Gasteiger partial charge is 0.433 e. The highest BCUT2D eigenvalue weighted by Crippen LogP contribution is 2.29. The van der Waals surface area contributed by atoms with Gasteiger partial charge < -0.3 is 10.1 Å². The van der Waals surface area contributed by atoms with E-state index in [1.807, 2.05) is 0 Å². The van der Waals surface area contributed by atoms with Crippen molar-refractivity contribution in [1.82, 2.24) is 0 Å². The zero-order chi connectivity index (χ0) is 15.4. The zero-order valence-electron chi connectivity index (χ0n) is 10.5. The van der Waals surface area contributed by atoms with Crippen LogP contribution in [-0.4, -0.2) is 6.61 Å². The van der Waals surface area contributed by atoms with E-state index in [1.165, 1.54) is 24.3 Å². The summed E-state index contributed by atoms with van der Waals surface area (Å²) in [4.78, 5) is 0. The molecule has 0 fully saturated rings. The van der Waals surface area contributed by atoms with Gasteiger partial charge in [-0.15, -0.1) is 0 Å². The molecule has 0 spiro atoms. The number of benzene rings is 2. The normalized spacial score (nSPS) is 10.8. The summed E-state index contributed by atoms with van der Waals surface area (Å²) in [5, 5.41) is 3.12. The maximum Gasteiger partial charge on any atom is 0.387 e. The van der Waals surface area contributed by atoms with Crippen molar-refractivity contribution >= 4 is 28.9 Å². The van der Waals surface area contributed by atoms with E-state index in [2.05, 4.69) is 10.1 Å². The highest BCUT2D eigenvalue weighted by Gasteiger charge is 2.09. The number of hydrogen-bond acceptors (Lipinski definition) is 2. The molecule has 0 heterocycles. The molecule has 0 saturated heterocycles. The second-order valence-electron chi connectivity index (χ2n) is 4.13. The van der Waals surface area contributed by atoms with Gasteiger partial charge in [0.25, 0.3) is 0 Å². The third-order valence-electron chi connectivity index (χ3n) is 2.63. The van der Waals surface area contributed by atoms with Crippen LogP contribution in [0.15, 0.2) is 36.4 Å². The first kappa shape index (κ1) is 15.8. The summed E-state index contributed by atoms with van der Waals surface area (Å²) >= 11 is 11.5. The van der Waals surface area contributed by atoms with Gasteiger partial charge in [0.05, 0.1) is 10.0 Å². The molecule has 7 heteroatoms. The minimum Gasteiger partial charge on any atom is -0.433 e. The second-order valence-corrected chi connectivity index (χ2v) is 4.94. The molecule has 0 saturated carbocycles. The monoisotopic (exact) mass is 335 g/mol. The summed E-state index contributed by atoms with van der Waals surface area (Å²) in [6.45, 7) is -2.55. The second kappa shape index (κ2) is 6.91. The Morgan fingerprint density at radius 2 is 1.81 bits per heavy atom. The average molecular weight is 336 g/mol. The minimum absolute atomic E-state index is 0.0352. The molecule has 0 aliphatic carbocycles. The van der Waals surface area contributed by atoms with Crippen LogP contribution < -0.4 is 10.1 Å². The van der Waals surface area contributed by atoms with Crippen molar-refractivity contribution in [2.45, 2.75) is 13.2 Å². The van der Waals surface area contributed by atoms with Crippen molar-refractivity contribution in [3.8, 4) is 5.75 Å². The molecule has 112 valence electrons. The lowest BCUT2D eigenvalue weighted by molar-refractivity contribution is -0.0497. The van der Waals surface area contributed by atoms with Crippen molar-refractivity contribution in [2.75, 3.05) is 5.32 Å². The summed E-state index contributed by atoms with van der Waals surface area (Å²) in [6, 6.07) is 8.71. The van der Waals surface area contributed by atoms with Crippen LogP contribution in [0.2, 0.25) is 10.0 Å². The summed E-state index contributed by atoms with van der Waals surface area (Å²) in [5.41, 5.74) is 1.38. The molecule has 0 aliphatic heterocycles. The number of ether oxygens (including phenoxy) is 1. The molecule has 2 aromatic rings. The number of nitrogens with one attached hydrogen (secondary N) is 1. The highest BCUT2D eigenvalue weighted by atomic mass is 35.5. The third kappa shape index (κ3) is 4.44. The van der Waals surface area contributed by atoms with Gasteiger partial charge in [-0.1, -0.05) is 29.3 Å².